The summed E-state index contributed by atoms with van der Waals surface area (Å²) < 4.78 is 5.43. The van der Waals surface area contributed by atoms with Crippen LogP contribution in [0.2, 0.25) is 0 Å². The number of amides is 1. The van der Waals surface area contributed by atoms with Gasteiger partial charge >= 0.3 is 6.09 Å². The highest BCUT2D eigenvalue weighted by atomic mass is 16.6. The first-order valence-corrected chi connectivity index (χ1v) is 11.0. The molecule has 1 aliphatic carbocycles. The van der Waals surface area contributed by atoms with Gasteiger partial charge in [0.25, 0.3) is 0 Å². The maximum Gasteiger partial charge on any atom is 0.410 e. The zero-order valence-corrected chi connectivity index (χ0v) is 18.3. The van der Waals surface area contributed by atoms with E-state index in [2.05, 4.69) is 11.2 Å². The van der Waals surface area contributed by atoms with Crippen LogP contribution in [0.4, 0.5) is 4.79 Å². The number of aryl methyl sites for hydroxylation is 1. The van der Waals surface area contributed by atoms with Gasteiger partial charge in [-0.1, -0.05) is 59.8 Å². The largest absolute Gasteiger partial charge is 0.445 e. The topological polar surface area (TPSA) is 68.2 Å². The van der Waals surface area contributed by atoms with Crippen molar-refractivity contribution in [1.29, 1.82) is 0 Å². The van der Waals surface area contributed by atoms with E-state index >= 15 is 0 Å². The molecular weight excluding hydrogens is 404 g/mol. The molecule has 4 rings (SSSR count). The normalized spacial score (nSPS) is 19.2. The molecule has 2 aromatic carbocycles. The number of carbonyl (C=O) groups is 2. The molecule has 1 amide bonds. The molecule has 1 aliphatic heterocycles. The van der Waals surface area contributed by atoms with Crippen LogP contribution in [0.1, 0.15) is 41.5 Å². The van der Waals surface area contributed by atoms with Crippen LogP contribution in [-0.2, 0) is 27.4 Å². The second kappa shape index (κ2) is 10.3. The fraction of sp³-hybridized carbons (Fsp3) is 0.346. The van der Waals surface area contributed by atoms with Gasteiger partial charge in [-0.15, -0.1) is 0 Å². The van der Waals surface area contributed by atoms with Crippen molar-refractivity contribution in [1.82, 2.24) is 4.90 Å². The zero-order chi connectivity index (χ0) is 22.3. The lowest BCUT2D eigenvalue weighted by Gasteiger charge is -2.30. The third kappa shape index (κ3) is 5.25. The Bertz CT molecular complexity index is 1030. The predicted molar refractivity (Wildman–Crippen MR) is 123 cm³/mol. The number of carbonyl (C=O) groups excluding carboxylic acids is 2. The number of nitrogens with zero attached hydrogens (tertiary/aromatic N) is 2. The summed E-state index contributed by atoms with van der Waals surface area (Å²) in [7, 11) is 1.56. The van der Waals surface area contributed by atoms with Crippen molar-refractivity contribution < 1.29 is 19.2 Å². The lowest BCUT2D eigenvalue weighted by molar-refractivity contribution is -0.119. The van der Waals surface area contributed by atoms with Gasteiger partial charge in [0.15, 0.2) is 5.78 Å². The molecule has 1 unspecified atom stereocenters. The summed E-state index contributed by atoms with van der Waals surface area (Å²) in [6.07, 6.45) is 6.52. The molecule has 1 fully saturated rings. The highest BCUT2D eigenvalue weighted by Gasteiger charge is 2.28. The van der Waals surface area contributed by atoms with Gasteiger partial charge in [-0.25, -0.2) is 4.79 Å². The first-order chi connectivity index (χ1) is 15.6. The quantitative estimate of drug-likeness (QED) is 0.494. The number of ether oxygens (including phenoxy) is 1. The Kier molecular flexibility index (Phi) is 7.00. The van der Waals surface area contributed by atoms with Crippen molar-refractivity contribution in [3.63, 3.8) is 0 Å². The number of piperidine rings is 1. The number of ketones is 1. The number of likely N-dealkylation sites (tertiary alicyclic amines) is 1. The summed E-state index contributed by atoms with van der Waals surface area (Å²) in [6.45, 7) is 1.26. The number of oxime groups is 1. The van der Waals surface area contributed by atoms with Crippen LogP contribution in [0.5, 0.6) is 0 Å². The smallest absolute Gasteiger partial charge is 0.410 e. The van der Waals surface area contributed by atoms with Gasteiger partial charge in [0.2, 0.25) is 0 Å². The Labute approximate surface area is 188 Å². The van der Waals surface area contributed by atoms with E-state index < -0.39 is 0 Å². The molecule has 0 N–H and O–H groups in total. The first kappa shape index (κ1) is 21.8. The maximum absolute atomic E-state index is 12.8. The number of hydrogen-bond donors (Lipinski definition) is 0. The average molecular weight is 433 g/mol. The van der Waals surface area contributed by atoms with Crippen LogP contribution >= 0.6 is 0 Å². The third-order valence-corrected chi connectivity index (χ3v) is 6.00. The van der Waals surface area contributed by atoms with E-state index in [1.807, 2.05) is 48.5 Å². The molecule has 6 heteroatoms. The Hall–Kier alpha value is -3.41. The standard InChI is InChI=1S/C26H28N2O4/c1-31-27-24-13-11-21-16-19(9-12-23(21)24)10-14-25(29)22-8-5-15-28(17-22)26(30)32-18-20-6-3-2-4-7-20/h2-4,6-7,9-10,12,14,16,22H,5,8,11,13,15,17-18H2,1H3/b14-10+,27-24?. The highest BCUT2D eigenvalue weighted by molar-refractivity contribution is 6.04. The minimum absolute atomic E-state index is 0.0488. The maximum atomic E-state index is 12.8. The number of fused-ring (bicyclic) bond motifs is 1. The molecule has 1 saturated heterocycles. The second-order valence-corrected chi connectivity index (χ2v) is 8.20. The molecule has 2 aliphatic rings. The Morgan fingerprint density at radius 1 is 1.16 bits per heavy atom. The van der Waals surface area contributed by atoms with Crippen LogP contribution in [-0.4, -0.2) is 42.7 Å². The fourth-order valence-corrected chi connectivity index (χ4v) is 4.30. The van der Waals surface area contributed by atoms with Gasteiger partial charge in [0.05, 0.1) is 5.71 Å². The van der Waals surface area contributed by atoms with E-state index in [1.54, 1.807) is 18.1 Å². The van der Waals surface area contributed by atoms with Crippen molar-refractivity contribution >= 4 is 23.7 Å². The van der Waals surface area contributed by atoms with Gasteiger partial charge in [-0.3, -0.25) is 4.79 Å². The summed E-state index contributed by atoms with van der Waals surface area (Å²) in [4.78, 5) is 31.8. The monoisotopic (exact) mass is 432 g/mol. The van der Waals surface area contributed by atoms with E-state index in [1.165, 1.54) is 5.56 Å². The van der Waals surface area contributed by atoms with E-state index in [0.717, 1.165) is 48.1 Å². The summed E-state index contributed by atoms with van der Waals surface area (Å²) in [6, 6.07) is 15.7. The summed E-state index contributed by atoms with van der Waals surface area (Å²) in [5.74, 6) is -0.146. The number of rotatable bonds is 6. The summed E-state index contributed by atoms with van der Waals surface area (Å²) >= 11 is 0. The first-order valence-electron chi connectivity index (χ1n) is 11.0. The van der Waals surface area contributed by atoms with E-state index in [9.17, 15) is 9.59 Å². The molecule has 0 spiro atoms. The minimum Gasteiger partial charge on any atom is -0.445 e. The molecule has 0 radical (unpaired) electrons. The zero-order valence-electron chi connectivity index (χ0n) is 18.3. The van der Waals surface area contributed by atoms with Crippen LogP contribution in [0.25, 0.3) is 6.08 Å². The third-order valence-electron chi connectivity index (χ3n) is 6.00. The second-order valence-electron chi connectivity index (χ2n) is 8.20. The summed E-state index contributed by atoms with van der Waals surface area (Å²) in [5, 5.41) is 4.08. The van der Waals surface area contributed by atoms with Crippen molar-refractivity contribution in [3.05, 3.63) is 76.9 Å². The highest BCUT2D eigenvalue weighted by Crippen LogP contribution is 2.25. The van der Waals surface area contributed by atoms with Crippen molar-refractivity contribution in [2.75, 3.05) is 20.2 Å². The van der Waals surface area contributed by atoms with Crippen molar-refractivity contribution in [3.8, 4) is 0 Å². The Morgan fingerprint density at radius 3 is 2.81 bits per heavy atom. The molecule has 6 nitrogen and oxygen atoms in total. The number of hydrogen-bond acceptors (Lipinski definition) is 5. The summed E-state index contributed by atoms with van der Waals surface area (Å²) in [5.41, 5.74) is 5.25. The van der Waals surface area contributed by atoms with Gasteiger partial charge in [-0.05, 0) is 48.4 Å². The van der Waals surface area contributed by atoms with Gasteiger partial charge in [0, 0.05) is 24.6 Å². The SMILES string of the molecule is CON=C1CCc2cc(/C=C/C(=O)C3CCCN(C(=O)OCc4ccccc4)C3)ccc21. The van der Waals surface area contributed by atoms with Gasteiger partial charge < -0.3 is 14.5 Å². The van der Waals surface area contributed by atoms with Crippen LogP contribution in [0.3, 0.4) is 0 Å². The number of allylic oxidation sites excluding steroid dienone is 1. The van der Waals surface area contributed by atoms with Gasteiger partial charge in [0.1, 0.15) is 13.7 Å². The molecule has 2 aromatic rings. The van der Waals surface area contributed by atoms with Crippen LogP contribution in [0, 0.1) is 5.92 Å². The molecule has 166 valence electrons. The molecule has 1 heterocycles. The molecular formula is C26H28N2O4. The Balaban J connectivity index is 1.33. The van der Waals surface area contributed by atoms with E-state index in [-0.39, 0.29) is 24.4 Å². The minimum atomic E-state index is -0.359. The van der Waals surface area contributed by atoms with Gasteiger partial charge in [-0.2, -0.15) is 0 Å². The van der Waals surface area contributed by atoms with E-state index in [4.69, 9.17) is 9.57 Å². The van der Waals surface area contributed by atoms with Crippen LogP contribution < -0.4 is 0 Å². The fourth-order valence-electron chi connectivity index (χ4n) is 4.30. The molecule has 0 aromatic heterocycles. The molecule has 1 atom stereocenters. The number of benzene rings is 2. The van der Waals surface area contributed by atoms with Crippen LogP contribution in [0.15, 0.2) is 59.8 Å². The molecule has 0 saturated carbocycles. The molecule has 0 bridgehead atoms. The molecule has 32 heavy (non-hydrogen) atoms. The Morgan fingerprint density at radius 2 is 2.00 bits per heavy atom. The van der Waals surface area contributed by atoms with E-state index in [0.29, 0.717) is 13.1 Å². The lowest BCUT2D eigenvalue weighted by Crippen LogP contribution is -2.42. The average Bonchev–Trinajstić information content (AvgIpc) is 3.24. The predicted octanol–water partition coefficient (Wildman–Crippen LogP) is 4.61. The van der Waals surface area contributed by atoms with Crippen molar-refractivity contribution in [2.24, 2.45) is 11.1 Å². The lowest BCUT2D eigenvalue weighted by atomic mass is 9.93. The van der Waals surface area contributed by atoms with Crippen molar-refractivity contribution in [2.45, 2.75) is 32.3 Å².